The number of nitrogen functional groups attached to an aromatic ring is 1. The van der Waals surface area contributed by atoms with Gasteiger partial charge in [-0.15, -0.1) is 0 Å². The molecule has 0 fully saturated rings. The summed E-state index contributed by atoms with van der Waals surface area (Å²) in [4.78, 5) is 2.51. The Kier molecular flexibility index (Phi) is 5.82. The van der Waals surface area contributed by atoms with Gasteiger partial charge in [0.1, 0.15) is 0 Å². The molecule has 0 heterocycles. The van der Waals surface area contributed by atoms with Gasteiger partial charge >= 0.3 is 0 Å². The summed E-state index contributed by atoms with van der Waals surface area (Å²) < 4.78 is 0. The van der Waals surface area contributed by atoms with E-state index in [4.69, 9.17) is 5.73 Å². The van der Waals surface area contributed by atoms with Crippen LogP contribution in [0.4, 0.5) is 5.69 Å². The van der Waals surface area contributed by atoms with E-state index in [2.05, 4.69) is 61.2 Å². The summed E-state index contributed by atoms with van der Waals surface area (Å²) in [5.41, 5.74) is 9.43. The van der Waals surface area contributed by atoms with Crippen LogP contribution in [0.5, 0.6) is 0 Å². The quantitative estimate of drug-likeness (QED) is 0.774. The molecule has 0 aromatic heterocycles. The second-order valence-corrected chi connectivity index (χ2v) is 5.90. The highest BCUT2D eigenvalue weighted by Crippen LogP contribution is 2.13. The molecule has 0 spiro atoms. The average Bonchev–Trinajstić information content (AvgIpc) is 2.47. The Balaban J connectivity index is 1.87. The highest BCUT2D eigenvalue weighted by molar-refractivity contribution is 5.40. The Morgan fingerprint density at radius 1 is 0.952 bits per heavy atom. The van der Waals surface area contributed by atoms with Gasteiger partial charge < -0.3 is 5.73 Å². The third-order valence-electron chi connectivity index (χ3n) is 3.82. The highest BCUT2D eigenvalue weighted by Gasteiger charge is 2.10. The van der Waals surface area contributed by atoms with E-state index in [1.807, 2.05) is 12.1 Å². The van der Waals surface area contributed by atoms with Crippen LogP contribution in [0, 0.1) is 0 Å². The van der Waals surface area contributed by atoms with Crippen LogP contribution >= 0.6 is 0 Å². The molecule has 0 atom stereocenters. The number of benzene rings is 2. The minimum absolute atomic E-state index is 0.544. The number of rotatable bonds is 7. The molecule has 2 N–H and O–H groups in total. The Labute approximate surface area is 128 Å². The number of anilines is 1. The highest BCUT2D eigenvalue weighted by atomic mass is 15.1. The van der Waals surface area contributed by atoms with Gasteiger partial charge in [0.25, 0.3) is 0 Å². The molecule has 2 nitrogen and oxygen atoms in total. The van der Waals surface area contributed by atoms with Crippen LogP contribution in [0.25, 0.3) is 0 Å². The van der Waals surface area contributed by atoms with Crippen molar-refractivity contribution in [3.05, 3.63) is 65.7 Å². The van der Waals surface area contributed by atoms with E-state index in [1.54, 1.807) is 0 Å². The fraction of sp³-hybridized carbons (Fsp3) is 0.368. The fourth-order valence-corrected chi connectivity index (χ4v) is 2.58. The molecule has 0 radical (unpaired) electrons. The lowest BCUT2D eigenvalue weighted by Crippen LogP contribution is -2.31. The molecule has 0 saturated carbocycles. The molecule has 112 valence electrons. The van der Waals surface area contributed by atoms with E-state index in [-0.39, 0.29) is 0 Å². The second kappa shape index (κ2) is 7.84. The average molecular weight is 282 g/mol. The van der Waals surface area contributed by atoms with Crippen molar-refractivity contribution in [2.24, 2.45) is 0 Å². The molecule has 0 bridgehead atoms. The summed E-state index contributed by atoms with van der Waals surface area (Å²) in [6.45, 7) is 6.60. The van der Waals surface area contributed by atoms with E-state index in [0.29, 0.717) is 6.04 Å². The van der Waals surface area contributed by atoms with Gasteiger partial charge in [-0.25, -0.2) is 0 Å². The SMILES string of the molecule is CC(C)N(CCCc1ccccc1)Cc1cccc(N)c1. The summed E-state index contributed by atoms with van der Waals surface area (Å²) in [5.74, 6) is 0. The van der Waals surface area contributed by atoms with Gasteiger partial charge in [0.15, 0.2) is 0 Å². The van der Waals surface area contributed by atoms with Crippen LogP contribution in [0.1, 0.15) is 31.4 Å². The topological polar surface area (TPSA) is 29.3 Å². The van der Waals surface area contributed by atoms with Crippen LogP contribution in [-0.4, -0.2) is 17.5 Å². The van der Waals surface area contributed by atoms with Crippen molar-refractivity contribution in [1.29, 1.82) is 0 Å². The maximum absolute atomic E-state index is 5.87. The molecular weight excluding hydrogens is 256 g/mol. The van der Waals surface area contributed by atoms with Crippen LogP contribution < -0.4 is 5.73 Å². The Morgan fingerprint density at radius 2 is 1.67 bits per heavy atom. The normalized spacial score (nSPS) is 11.2. The molecule has 0 aliphatic carbocycles. The molecule has 0 unspecified atom stereocenters. The Bertz CT molecular complexity index is 534. The maximum atomic E-state index is 5.87. The van der Waals surface area contributed by atoms with Gasteiger partial charge in [0, 0.05) is 18.3 Å². The van der Waals surface area contributed by atoms with E-state index in [1.165, 1.54) is 17.5 Å². The van der Waals surface area contributed by atoms with E-state index in [0.717, 1.165) is 25.2 Å². The summed E-state index contributed by atoms with van der Waals surface area (Å²) in [6, 6.07) is 19.5. The lowest BCUT2D eigenvalue weighted by Gasteiger charge is -2.26. The molecule has 2 heteroatoms. The van der Waals surface area contributed by atoms with Crippen molar-refractivity contribution < 1.29 is 0 Å². The van der Waals surface area contributed by atoms with E-state index >= 15 is 0 Å². The summed E-state index contributed by atoms with van der Waals surface area (Å²) in [7, 11) is 0. The lowest BCUT2D eigenvalue weighted by molar-refractivity contribution is 0.210. The second-order valence-electron chi connectivity index (χ2n) is 5.90. The number of aryl methyl sites for hydroxylation is 1. The standard InChI is InChI=1S/C19H26N2/c1-16(2)21(15-18-10-6-12-19(20)14-18)13-7-11-17-8-4-3-5-9-17/h3-6,8-10,12,14,16H,7,11,13,15,20H2,1-2H3. The summed E-state index contributed by atoms with van der Waals surface area (Å²) in [6.07, 6.45) is 2.32. The smallest absolute Gasteiger partial charge is 0.0317 e. The van der Waals surface area contributed by atoms with Crippen LogP contribution in [0.3, 0.4) is 0 Å². The van der Waals surface area contributed by atoms with Gasteiger partial charge in [0.05, 0.1) is 0 Å². The molecule has 0 aliphatic heterocycles. The van der Waals surface area contributed by atoms with Gasteiger partial charge in [0.2, 0.25) is 0 Å². The zero-order chi connectivity index (χ0) is 15.1. The lowest BCUT2D eigenvalue weighted by atomic mass is 10.1. The van der Waals surface area contributed by atoms with Crippen LogP contribution in [0.15, 0.2) is 54.6 Å². The van der Waals surface area contributed by atoms with Crippen molar-refractivity contribution in [3.8, 4) is 0 Å². The van der Waals surface area contributed by atoms with Crippen LogP contribution in [0.2, 0.25) is 0 Å². The van der Waals surface area contributed by atoms with E-state index in [9.17, 15) is 0 Å². The first kappa shape index (κ1) is 15.6. The van der Waals surface area contributed by atoms with Gasteiger partial charge in [-0.3, -0.25) is 4.90 Å². The van der Waals surface area contributed by atoms with Crippen molar-refractivity contribution >= 4 is 5.69 Å². The third kappa shape index (κ3) is 5.24. The maximum Gasteiger partial charge on any atom is 0.0317 e. The minimum atomic E-state index is 0.544. The Hall–Kier alpha value is -1.80. The predicted molar refractivity (Wildman–Crippen MR) is 91.2 cm³/mol. The molecule has 0 amide bonds. The number of nitrogens with zero attached hydrogens (tertiary/aromatic N) is 1. The number of hydrogen-bond donors (Lipinski definition) is 1. The fourth-order valence-electron chi connectivity index (χ4n) is 2.58. The Morgan fingerprint density at radius 3 is 2.33 bits per heavy atom. The molecule has 2 rings (SSSR count). The van der Waals surface area contributed by atoms with Crippen molar-refractivity contribution in [3.63, 3.8) is 0 Å². The molecule has 0 saturated heterocycles. The minimum Gasteiger partial charge on any atom is -0.399 e. The van der Waals surface area contributed by atoms with Crippen LogP contribution in [-0.2, 0) is 13.0 Å². The largest absolute Gasteiger partial charge is 0.399 e. The first-order chi connectivity index (χ1) is 10.1. The summed E-state index contributed by atoms with van der Waals surface area (Å²) >= 11 is 0. The molecule has 21 heavy (non-hydrogen) atoms. The van der Waals surface area contributed by atoms with E-state index < -0.39 is 0 Å². The van der Waals surface area contributed by atoms with Gasteiger partial charge in [-0.2, -0.15) is 0 Å². The molecular formula is C19H26N2. The predicted octanol–water partition coefficient (Wildman–Crippen LogP) is 4.11. The zero-order valence-electron chi connectivity index (χ0n) is 13.1. The van der Waals surface area contributed by atoms with Crippen molar-refractivity contribution in [1.82, 2.24) is 4.90 Å². The number of nitrogens with two attached hydrogens (primary N) is 1. The van der Waals surface area contributed by atoms with Crippen molar-refractivity contribution in [2.45, 2.75) is 39.3 Å². The third-order valence-corrected chi connectivity index (χ3v) is 3.82. The molecule has 2 aromatic carbocycles. The first-order valence-electron chi connectivity index (χ1n) is 7.77. The monoisotopic (exact) mass is 282 g/mol. The molecule has 2 aromatic rings. The van der Waals surface area contributed by atoms with Crippen molar-refractivity contribution in [2.75, 3.05) is 12.3 Å². The van der Waals surface area contributed by atoms with Gasteiger partial charge in [-0.05, 0) is 56.5 Å². The zero-order valence-corrected chi connectivity index (χ0v) is 13.1. The number of hydrogen-bond acceptors (Lipinski definition) is 2. The summed E-state index contributed by atoms with van der Waals surface area (Å²) in [5, 5.41) is 0. The molecule has 0 aliphatic rings. The first-order valence-corrected chi connectivity index (χ1v) is 7.77. The van der Waals surface area contributed by atoms with Gasteiger partial charge in [-0.1, -0.05) is 42.5 Å².